The van der Waals surface area contributed by atoms with Crippen LogP contribution in [0.5, 0.6) is 0 Å². The summed E-state index contributed by atoms with van der Waals surface area (Å²) in [5.74, 6) is 0.0366. The number of nitrogens with two attached hydrogens (primary N) is 1. The van der Waals surface area contributed by atoms with Crippen LogP contribution in [0.25, 0.3) is 0 Å². The van der Waals surface area contributed by atoms with E-state index in [-0.39, 0.29) is 17.7 Å². The molecule has 0 spiro atoms. The molecular formula is C17H25N3O2. The Morgan fingerprint density at radius 1 is 1.27 bits per heavy atom. The van der Waals surface area contributed by atoms with Crippen LogP contribution in [-0.4, -0.2) is 35.8 Å². The smallest absolute Gasteiger partial charge is 0.239 e. The second kappa shape index (κ2) is 7.40. The van der Waals surface area contributed by atoms with E-state index in [1.54, 1.807) is 11.8 Å². The van der Waals surface area contributed by atoms with Crippen molar-refractivity contribution in [1.29, 1.82) is 0 Å². The molecule has 0 aliphatic carbocycles. The summed E-state index contributed by atoms with van der Waals surface area (Å²) in [5.41, 5.74) is 7.92. The molecule has 5 nitrogen and oxygen atoms in total. The number of hydrogen-bond acceptors (Lipinski definition) is 3. The largest absolute Gasteiger partial charge is 0.352 e. The molecule has 0 aromatic heterocycles. The minimum atomic E-state index is -0.466. The molecule has 1 aliphatic heterocycles. The maximum Gasteiger partial charge on any atom is 0.239 e. The third kappa shape index (κ3) is 4.31. The Bertz CT molecular complexity index is 517. The Morgan fingerprint density at radius 2 is 1.86 bits per heavy atom. The van der Waals surface area contributed by atoms with E-state index in [2.05, 4.69) is 5.32 Å². The van der Waals surface area contributed by atoms with E-state index in [1.807, 2.05) is 31.2 Å². The fraction of sp³-hybridized carbons (Fsp3) is 0.529. The second-order valence-corrected chi connectivity index (χ2v) is 6.09. The van der Waals surface area contributed by atoms with Gasteiger partial charge in [-0.15, -0.1) is 0 Å². The predicted octanol–water partition coefficient (Wildman–Crippen LogP) is 1.20. The molecule has 2 rings (SSSR count). The number of hydrogen-bond donors (Lipinski definition) is 2. The lowest BCUT2D eigenvalue weighted by atomic mass is 9.95. The van der Waals surface area contributed by atoms with Gasteiger partial charge in [-0.3, -0.25) is 9.59 Å². The van der Waals surface area contributed by atoms with Crippen molar-refractivity contribution in [3.63, 3.8) is 0 Å². The first-order valence-electron chi connectivity index (χ1n) is 7.85. The zero-order valence-corrected chi connectivity index (χ0v) is 13.3. The molecule has 1 aromatic carbocycles. The number of amides is 2. The molecule has 1 saturated heterocycles. The van der Waals surface area contributed by atoms with Crippen LogP contribution < -0.4 is 11.1 Å². The van der Waals surface area contributed by atoms with Gasteiger partial charge in [-0.2, -0.15) is 0 Å². The quantitative estimate of drug-likeness (QED) is 0.877. The molecular weight excluding hydrogens is 278 g/mol. The summed E-state index contributed by atoms with van der Waals surface area (Å²) >= 11 is 0. The summed E-state index contributed by atoms with van der Waals surface area (Å²) in [4.78, 5) is 25.8. The third-order valence-electron chi connectivity index (χ3n) is 4.15. The van der Waals surface area contributed by atoms with E-state index in [4.69, 9.17) is 5.73 Å². The highest BCUT2D eigenvalue weighted by Crippen LogP contribution is 2.18. The lowest BCUT2D eigenvalue weighted by Crippen LogP contribution is -2.47. The number of rotatable bonds is 4. The van der Waals surface area contributed by atoms with E-state index in [0.717, 1.165) is 5.56 Å². The molecule has 1 heterocycles. The molecule has 1 aromatic rings. The third-order valence-corrected chi connectivity index (χ3v) is 4.15. The fourth-order valence-corrected chi connectivity index (χ4v) is 2.69. The molecule has 0 bridgehead atoms. The van der Waals surface area contributed by atoms with E-state index in [9.17, 15) is 9.59 Å². The number of carbonyl (C=O) groups is 2. The van der Waals surface area contributed by atoms with Gasteiger partial charge in [-0.05, 0) is 32.3 Å². The molecule has 0 unspecified atom stereocenters. The van der Waals surface area contributed by atoms with Gasteiger partial charge in [0.15, 0.2) is 0 Å². The van der Waals surface area contributed by atoms with Crippen LogP contribution in [0.3, 0.4) is 0 Å². The number of nitrogens with one attached hydrogen (secondary N) is 1. The number of aryl methyl sites for hydroxylation is 1. The highest BCUT2D eigenvalue weighted by atomic mass is 16.2. The minimum Gasteiger partial charge on any atom is -0.352 e. The van der Waals surface area contributed by atoms with Gasteiger partial charge in [0, 0.05) is 25.6 Å². The van der Waals surface area contributed by atoms with Gasteiger partial charge < -0.3 is 16.0 Å². The van der Waals surface area contributed by atoms with Crippen LogP contribution in [-0.2, 0) is 16.1 Å². The fourth-order valence-electron chi connectivity index (χ4n) is 2.69. The number of likely N-dealkylation sites (tertiary alicyclic amines) is 1. The molecule has 3 N–H and O–H groups in total. The lowest BCUT2D eigenvalue weighted by Gasteiger charge is -2.32. The summed E-state index contributed by atoms with van der Waals surface area (Å²) in [5, 5.41) is 2.99. The van der Waals surface area contributed by atoms with Gasteiger partial charge in [0.2, 0.25) is 11.8 Å². The van der Waals surface area contributed by atoms with E-state index >= 15 is 0 Å². The number of piperidine rings is 1. The number of carbonyl (C=O) groups excluding carboxylic acids is 2. The first-order chi connectivity index (χ1) is 10.5. The first-order valence-corrected chi connectivity index (χ1v) is 7.85. The zero-order chi connectivity index (χ0) is 16.1. The normalized spacial score (nSPS) is 17.1. The lowest BCUT2D eigenvalue weighted by molar-refractivity contribution is -0.136. The van der Waals surface area contributed by atoms with Gasteiger partial charge in [-0.25, -0.2) is 0 Å². The Hall–Kier alpha value is -1.88. The van der Waals surface area contributed by atoms with Crippen molar-refractivity contribution >= 4 is 11.8 Å². The van der Waals surface area contributed by atoms with E-state index < -0.39 is 6.04 Å². The molecule has 1 atom stereocenters. The minimum absolute atomic E-state index is 0.0115. The molecule has 120 valence electrons. The topological polar surface area (TPSA) is 75.4 Å². The summed E-state index contributed by atoms with van der Waals surface area (Å²) in [6, 6.07) is 7.67. The van der Waals surface area contributed by atoms with Gasteiger partial charge >= 0.3 is 0 Å². The second-order valence-electron chi connectivity index (χ2n) is 6.09. The van der Waals surface area contributed by atoms with Crippen LogP contribution in [0.4, 0.5) is 0 Å². The molecule has 5 heteroatoms. The van der Waals surface area contributed by atoms with Crippen molar-refractivity contribution < 1.29 is 9.59 Å². The van der Waals surface area contributed by atoms with Crippen molar-refractivity contribution in [1.82, 2.24) is 10.2 Å². The molecule has 0 saturated carbocycles. The molecule has 1 fully saturated rings. The summed E-state index contributed by atoms with van der Waals surface area (Å²) in [6.45, 7) is 5.52. The molecule has 1 aliphatic rings. The average molecular weight is 303 g/mol. The van der Waals surface area contributed by atoms with Gasteiger partial charge in [0.05, 0.1) is 6.04 Å². The highest BCUT2D eigenvalue weighted by molar-refractivity contribution is 5.82. The van der Waals surface area contributed by atoms with E-state index in [1.165, 1.54) is 5.56 Å². The van der Waals surface area contributed by atoms with Crippen molar-refractivity contribution in [3.8, 4) is 0 Å². The van der Waals surface area contributed by atoms with Crippen molar-refractivity contribution in [2.45, 2.75) is 39.3 Å². The predicted molar refractivity (Wildman–Crippen MR) is 86.0 cm³/mol. The van der Waals surface area contributed by atoms with Crippen LogP contribution >= 0.6 is 0 Å². The van der Waals surface area contributed by atoms with Crippen molar-refractivity contribution in [2.24, 2.45) is 11.7 Å². The van der Waals surface area contributed by atoms with Gasteiger partial charge in [-0.1, -0.05) is 29.8 Å². The standard InChI is InChI=1S/C17H25N3O2/c1-12-3-5-14(6-4-12)11-19-16(21)15-7-9-20(10-8-15)17(22)13(2)18/h3-6,13,15H,7-11,18H2,1-2H3,(H,19,21)/t13-/m1/s1. The van der Waals surface area contributed by atoms with Crippen molar-refractivity contribution in [2.75, 3.05) is 13.1 Å². The van der Waals surface area contributed by atoms with Gasteiger partial charge in [0.1, 0.15) is 0 Å². The summed E-state index contributed by atoms with van der Waals surface area (Å²) in [6.07, 6.45) is 1.41. The summed E-state index contributed by atoms with van der Waals surface area (Å²) < 4.78 is 0. The number of benzene rings is 1. The van der Waals surface area contributed by atoms with E-state index in [0.29, 0.717) is 32.5 Å². The van der Waals surface area contributed by atoms with Crippen LogP contribution in [0.2, 0.25) is 0 Å². The molecule has 22 heavy (non-hydrogen) atoms. The maximum atomic E-state index is 12.2. The maximum absolute atomic E-state index is 12.2. The highest BCUT2D eigenvalue weighted by Gasteiger charge is 2.28. The SMILES string of the molecule is Cc1ccc(CNC(=O)C2CCN(C(=O)[C@@H](C)N)CC2)cc1. The molecule has 2 amide bonds. The van der Waals surface area contributed by atoms with Gasteiger partial charge in [0.25, 0.3) is 0 Å². The van der Waals surface area contributed by atoms with Crippen molar-refractivity contribution in [3.05, 3.63) is 35.4 Å². The Labute approximate surface area is 131 Å². The summed E-state index contributed by atoms with van der Waals surface area (Å²) in [7, 11) is 0. The Balaban J connectivity index is 1.77. The number of nitrogens with zero attached hydrogens (tertiary/aromatic N) is 1. The Morgan fingerprint density at radius 3 is 2.41 bits per heavy atom. The zero-order valence-electron chi connectivity index (χ0n) is 13.3. The van der Waals surface area contributed by atoms with Crippen LogP contribution in [0.15, 0.2) is 24.3 Å². The Kier molecular flexibility index (Phi) is 5.55. The molecule has 0 radical (unpaired) electrons. The average Bonchev–Trinajstić information content (AvgIpc) is 2.53. The monoisotopic (exact) mass is 303 g/mol. The first kappa shape index (κ1) is 16.5. The van der Waals surface area contributed by atoms with Crippen LogP contribution in [0.1, 0.15) is 30.9 Å². The van der Waals surface area contributed by atoms with Crippen LogP contribution in [0, 0.1) is 12.8 Å².